The van der Waals surface area contributed by atoms with Crippen LogP contribution in [0.5, 0.6) is 0 Å². The number of rotatable bonds is 43. The maximum Gasteiger partial charge on any atom is 0.320 e. The van der Waals surface area contributed by atoms with Gasteiger partial charge in [0.1, 0.15) is 25.9 Å². The summed E-state index contributed by atoms with van der Waals surface area (Å²) in [4.78, 5) is 63.0. The van der Waals surface area contributed by atoms with Crippen LogP contribution in [-0.4, -0.2) is 94.0 Å². The Morgan fingerprint density at radius 2 is 0.767 bits per heavy atom. The molecule has 60 heavy (non-hydrogen) atoms. The zero-order valence-electron chi connectivity index (χ0n) is 38.3. The maximum atomic E-state index is 12.9. The molecule has 3 atom stereocenters. The Bertz CT molecular complexity index is 1070. The Kier molecular flexibility index (Phi) is 36.0. The molecule has 0 radical (unpaired) electrons. The molecular weight excluding hydrogens is 771 g/mol. The fourth-order valence-corrected chi connectivity index (χ4v) is 6.68. The first kappa shape index (κ1) is 55.2. The van der Waals surface area contributed by atoms with Crippen molar-refractivity contribution in [1.29, 1.82) is 0 Å². The molecule has 1 aliphatic heterocycles. The standard InChI is InChI=1S/C47H85NO12/c1-5-9-13-17-21-25-29-41-47(60-41)57-38-40(37-56-44(51)32-28-24-20-16-12-8-4)59-46(53)34-48-33-45(52)58-39(35-54-42(49)30-26-22-18-14-10-6-2)36-55-43(50)31-27-23-19-15-11-7-3/h39-41,47-48H,5-38H2,1-4H3. The van der Waals surface area contributed by atoms with Crippen molar-refractivity contribution in [2.24, 2.45) is 0 Å². The van der Waals surface area contributed by atoms with Gasteiger partial charge in [0.05, 0.1) is 19.7 Å². The minimum absolute atomic E-state index is 0.00646. The molecular formula is C47H85NO12. The predicted molar refractivity (Wildman–Crippen MR) is 232 cm³/mol. The Morgan fingerprint density at radius 3 is 1.15 bits per heavy atom. The number of hydrogen-bond acceptors (Lipinski definition) is 13. The van der Waals surface area contributed by atoms with Gasteiger partial charge in [0.25, 0.3) is 0 Å². The van der Waals surface area contributed by atoms with Crippen LogP contribution in [-0.2, 0) is 57.1 Å². The van der Waals surface area contributed by atoms with Crippen LogP contribution in [0.3, 0.4) is 0 Å². The molecule has 1 saturated heterocycles. The first-order valence-electron chi connectivity index (χ1n) is 24.1. The molecule has 13 nitrogen and oxygen atoms in total. The third-order valence-electron chi connectivity index (χ3n) is 10.5. The Labute approximate surface area is 363 Å². The van der Waals surface area contributed by atoms with E-state index in [1.54, 1.807) is 0 Å². The number of epoxide rings is 1. The number of nitrogens with one attached hydrogen (secondary N) is 1. The molecule has 1 aliphatic rings. The van der Waals surface area contributed by atoms with Crippen LogP contribution in [0.15, 0.2) is 0 Å². The van der Waals surface area contributed by atoms with Crippen LogP contribution in [0, 0.1) is 0 Å². The first-order chi connectivity index (χ1) is 29.2. The van der Waals surface area contributed by atoms with E-state index in [1.807, 2.05) is 0 Å². The molecule has 0 saturated carbocycles. The topological polar surface area (TPSA) is 165 Å². The third-order valence-corrected chi connectivity index (χ3v) is 10.5. The van der Waals surface area contributed by atoms with Crippen molar-refractivity contribution in [1.82, 2.24) is 5.32 Å². The molecule has 0 aromatic rings. The Balaban J connectivity index is 2.62. The van der Waals surface area contributed by atoms with Crippen molar-refractivity contribution >= 4 is 29.8 Å². The average Bonchev–Trinajstić information content (AvgIpc) is 3.99. The molecule has 1 N–H and O–H groups in total. The average molecular weight is 856 g/mol. The number of unbranched alkanes of at least 4 members (excludes halogenated alkanes) is 20. The lowest BCUT2D eigenvalue weighted by Crippen LogP contribution is -2.38. The maximum absolute atomic E-state index is 12.9. The molecule has 0 aromatic heterocycles. The van der Waals surface area contributed by atoms with Crippen molar-refractivity contribution in [2.45, 2.75) is 232 Å². The quantitative estimate of drug-likeness (QED) is 0.0267. The monoisotopic (exact) mass is 856 g/mol. The minimum Gasteiger partial charge on any atom is -0.462 e. The Morgan fingerprint density at radius 1 is 0.433 bits per heavy atom. The third kappa shape index (κ3) is 33.9. The van der Waals surface area contributed by atoms with Gasteiger partial charge in [0, 0.05) is 19.3 Å². The second kappa shape index (κ2) is 39.1. The number of carbonyl (C=O) groups excluding carboxylic acids is 5. The van der Waals surface area contributed by atoms with Crippen molar-refractivity contribution in [3.05, 3.63) is 0 Å². The summed E-state index contributed by atoms with van der Waals surface area (Å²) in [5.74, 6) is -2.56. The number of ether oxygens (including phenoxy) is 7. The van der Waals surface area contributed by atoms with E-state index in [1.165, 1.54) is 44.9 Å². The summed E-state index contributed by atoms with van der Waals surface area (Å²) in [6, 6.07) is 0. The molecule has 0 bridgehead atoms. The van der Waals surface area contributed by atoms with Crippen molar-refractivity contribution < 1.29 is 57.1 Å². The van der Waals surface area contributed by atoms with Crippen LogP contribution in [0.25, 0.3) is 0 Å². The van der Waals surface area contributed by atoms with Gasteiger partial charge in [-0.05, 0) is 25.7 Å². The van der Waals surface area contributed by atoms with Crippen LogP contribution >= 0.6 is 0 Å². The van der Waals surface area contributed by atoms with Crippen LogP contribution < -0.4 is 5.32 Å². The molecule has 1 heterocycles. The molecule has 3 unspecified atom stereocenters. The summed E-state index contributed by atoms with van der Waals surface area (Å²) in [7, 11) is 0. The van der Waals surface area contributed by atoms with E-state index in [4.69, 9.17) is 33.2 Å². The van der Waals surface area contributed by atoms with Gasteiger partial charge < -0.3 is 33.2 Å². The summed E-state index contributed by atoms with van der Waals surface area (Å²) < 4.78 is 38.9. The van der Waals surface area contributed by atoms with Gasteiger partial charge in [0.15, 0.2) is 18.5 Å². The highest BCUT2D eigenvalue weighted by atomic mass is 16.8. The van der Waals surface area contributed by atoms with E-state index < -0.39 is 36.1 Å². The smallest absolute Gasteiger partial charge is 0.320 e. The molecule has 13 heteroatoms. The lowest BCUT2D eigenvalue weighted by molar-refractivity contribution is -0.167. The fraction of sp³-hybridized carbons (Fsp3) is 0.894. The predicted octanol–water partition coefficient (Wildman–Crippen LogP) is 9.77. The lowest BCUT2D eigenvalue weighted by atomic mass is 10.1. The summed E-state index contributed by atoms with van der Waals surface area (Å²) in [6.07, 6.45) is 25.2. The highest BCUT2D eigenvalue weighted by molar-refractivity contribution is 5.75. The molecule has 0 spiro atoms. The molecule has 1 rings (SSSR count). The zero-order chi connectivity index (χ0) is 43.9. The van der Waals surface area contributed by atoms with Gasteiger partial charge in [-0.2, -0.15) is 0 Å². The van der Waals surface area contributed by atoms with Crippen LogP contribution in [0.1, 0.15) is 207 Å². The van der Waals surface area contributed by atoms with Crippen LogP contribution in [0.4, 0.5) is 0 Å². The second-order valence-corrected chi connectivity index (χ2v) is 16.4. The second-order valence-electron chi connectivity index (χ2n) is 16.4. The lowest BCUT2D eigenvalue weighted by Gasteiger charge is -2.19. The molecule has 1 fully saturated rings. The Hall–Kier alpha value is -2.77. The largest absolute Gasteiger partial charge is 0.462 e. The van der Waals surface area contributed by atoms with Crippen LogP contribution in [0.2, 0.25) is 0 Å². The van der Waals surface area contributed by atoms with Crippen molar-refractivity contribution in [3.63, 3.8) is 0 Å². The van der Waals surface area contributed by atoms with E-state index in [-0.39, 0.29) is 70.7 Å². The molecule has 0 aromatic carbocycles. The van der Waals surface area contributed by atoms with Gasteiger partial charge in [0.2, 0.25) is 0 Å². The van der Waals surface area contributed by atoms with E-state index >= 15 is 0 Å². The number of esters is 5. The van der Waals surface area contributed by atoms with Gasteiger partial charge in [-0.15, -0.1) is 0 Å². The number of hydrogen-bond donors (Lipinski definition) is 1. The minimum atomic E-state index is -1.00. The summed E-state index contributed by atoms with van der Waals surface area (Å²) in [5.41, 5.74) is 0. The zero-order valence-corrected chi connectivity index (χ0v) is 38.3. The van der Waals surface area contributed by atoms with Crippen molar-refractivity contribution in [3.8, 4) is 0 Å². The van der Waals surface area contributed by atoms with E-state index in [2.05, 4.69) is 33.0 Å². The molecule has 0 aliphatic carbocycles. The van der Waals surface area contributed by atoms with Gasteiger partial charge in [-0.25, -0.2) is 0 Å². The van der Waals surface area contributed by atoms with E-state index in [9.17, 15) is 24.0 Å². The summed E-state index contributed by atoms with van der Waals surface area (Å²) >= 11 is 0. The first-order valence-corrected chi connectivity index (χ1v) is 24.1. The van der Waals surface area contributed by atoms with E-state index in [0.717, 1.165) is 103 Å². The summed E-state index contributed by atoms with van der Waals surface area (Å²) in [6.45, 7) is 7.31. The highest BCUT2D eigenvalue weighted by Crippen LogP contribution is 2.29. The summed E-state index contributed by atoms with van der Waals surface area (Å²) in [5, 5.41) is 2.72. The highest BCUT2D eigenvalue weighted by Gasteiger charge is 2.40. The van der Waals surface area contributed by atoms with Crippen molar-refractivity contribution in [2.75, 3.05) is 39.5 Å². The van der Waals surface area contributed by atoms with Gasteiger partial charge in [-0.1, -0.05) is 163 Å². The van der Waals surface area contributed by atoms with Gasteiger partial charge in [-0.3, -0.25) is 29.3 Å². The SMILES string of the molecule is CCCCCCCCC(=O)OCC(COC(=O)CCCCCCCC)OC(=O)CNCC(=O)OC(COC(=O)CCCCCCCC)COC1OC1CCCCCCCC. The fourth-order valence-electron chi connectivity index (χ4n) is 6.68. The van der Waals surface area contributed by atoms with E-state index in [0.29, 0.717) is 19.3 Å². The van der Waals surface area contributed by atoms with Gasteiger partial charge >= 0.3 is 29.8 Å². The molecule has 0 amide bonds. The number of carbonyl (C=O) groups is 5. The normalized spacial score (nSPS) is 15.1. The molecule has 350 valence electrons.